The number of halogens is 4. The molecule has 0 aliphatic rings. The van der Waals surface area contributed by atoms with Crippen LogP contribution in [0.25, 0.3) is 26.5 Å². The minimum Gasteiger partial charge on any atom is -0.418 e. The first-order valence-electron chi connectivity index (χ1n) is 9.58. The van der Waals surface area contributed by atoms with Gasteiger partial charge in [0, 0.05) is 17.0 Å². The lowest BCUT2D eigenvalue weighted by molar-refractivity contribution is -0.480. The Morgan fingerprint density at radius 2 is 1.34 bits per heavy atom. The van der Waals surface area contributed by atoms with Crippen molar-refractivity contribution in [3.8, 4) is 0 Å². The number of para-hydroxylation sites is 1. The summed E-state index contributed by atoms with van der Waals surface area (Å²) in [4.78, 5) is 14.6. The van der Waals surface area contributed by atoms with Gasteiger partial charge in [-0.3, -0.25) is 4.79 Å². The molecule has 5 rings (SSSR count). The summed E-state index contributed by atoms with van der Waals surface area (Å²) in [6, 6.07) is 26.3. The molecule has 162 valence electrons. The zero-order chi connectivity index (χ0) is 22.9. The van der Waals surface area contributed by atoms with Gasteiger partial charge < -0.3 is 17.3 Å². The van der Waals surface area contributed by atoms with Crippen LogP contribution < -0.4 is 4.40 Å². The predicted molar refractivity (Wildman–Crippen MR) is 124 cm³/mol. The van der Waals surface area contributed by atoms with Crippen molar-refractivity contribution in [2.24, 2.45) is 0 Å². The summed E-state index contributed by atoms with van der Waals surface area (Å²) < 4.78 is 42.2. The fraction of sp³-hybridized carbons (Fsp3) is 0.0435. The zero-order valence-corrected chi connectivity index (χ0v) is 18.4. The number of hydrogen-bond acceptors (Lipinski definition) is 3. The van der Waals surface area contributed by atoms with Crippen molar-refractivity contribution >= 4 is 62.6 Å². The maximum absolute atomic E-state index is 13.5. The first kappa shape index (κ1) is 22.3. The largest absolute Gasteiger partial charge is 0.673 e. The number of ketones is 1. The van der Waals surface area contributed by atoms with Gasteiger partial charge in [0.15, 0.2) is 0 Å². The molecule has 0 saturated carbocycles. The highest BCUT2D eigenvalue weighted by Gasteiger charge is 2.31. The summed E-state index contributed by atoms with van der Waals surface area (Å²) in [6.45, 7) is 0. The van der Waals surface area contributed by atoms with Gasteiger partial charge in [-0.05, 0) is 18.4 Å². The van der Waals surface area contributed by atoms with Crippen molar-refractivity contribution in [1.82, 2.24) is 0 Å². The third-order valence-corrected chi connectivity index (χ3v) is 7.13. The minimum atomic E-state index is -6.00. The molecule has 0 unspecified atom stereocenters. The molecule has 0 saturated heterocycles. The lowest BCUT2D eigenvalue weighted by Gasteiger charge is -2.03. The highest BCUT2D eigenvalue weighted by molar-refractivity contribution is 8.00. The van der Waals surface area contributed by atoms with Gasteiger partial charge in [0.2, 0.25) is 5.52 Å². The number of aromatic nitrogens is 1. The maximum atomic E-state index is 13.5. The molecule has 2 nitrogen and oxygen atoms in total. The molecule has 0 amide bonds. The molecule has 32 heavy (non-hydrogen) atoms. The van der Waals surface area contributed by atoms with Crippen LogP contribution in [0.4, 0.5) is 17.3 Å². The number of thiazole rings is 1. The average Bonchev–Trinajstić information content (AvgIpc) is 3.18. The number of fused-ring (bicyclic) bond motifs is 6. The summed E-state index contributed by atoms with van der Waals surface area (Å²) in [5.74, 6) is 0.0663. The van der Waals surface area contributed by atoms with E-state index in [2.05, 4.69) is 46.9 Å². The van der Waals surface area contributed by atoms with Crippen LogP contribution >= 0.6 is 23.1 Å². The SMILES string of the molecule is CSc1sc2c3ccccc3c3ccccc3[n+]2c1C(=O)c1ccccc1.F[B-](F)(F)F. The van der Waals surface area contributed by atoms with E-state index in [0.29, 0.717) is 0 Å². The van der Waals surface area contributed by atoms with Gasteiger partial charge in [-0.1, -0.05) is 72.0 Å². The van der Waals surface area contributed by atoms with Crippen molar-refractivity contribution in [1.29, 1.82) is 0 Å². The Balaban J connectivity index is 0.000000444. The molecule has 0 aliphatic heterocycles. The van der Waals surface area contributed by atoms with E-state index < -0.39 is 7.25 Å². The summed E-state index contributed by atoms with van der Waals surface area (Å²) in [7, 11) is -6.00. The van der Waals surface area contributed by atoms with E-state index in [4.69, 9.17) is 0 Å². The molecular formula is C23H16BF4NOS2. The van der Waals surface area contributed by atoms with Crippen molar-refractivity contribution in [3.05, 3.63) is 90.1 Å². The van der Waals surface area contributed by atoms with E-state index in [9.17, 15) is 22.1 Å². The summed E-state index contributed by atoms with van der Waals surface area (Å²) in [5, 5.41) is 3.57. The second-order valence-electron chi connectivity index (χ2n) is 6.84. The molecule has 2 heterocycles. The van der Waals surface area contributed by atoms with Crippen LogP contribution in [0, 0.1) is 0 Å². The van der Waals surface area contributed by atoms with Crippen molar-refractivity contribution < 1.29 is 26.5 Å². The van der Waals surface area contributed by atoms with E-state index >= 15 is 0 Å². The van der Waals surface area contributed by atoms with Crippen LogP contribution in [0.15, 0.2) is 83.1 Å². The van der Waals surface area contributed by atoms with Crippen molar-refractivity contribution in [2.75, 3.05) is 6.26 Å². The third-order valence-electron chi connectivity index (χ3n) is 4.84. The van der Waals surface area contributed by atoms with Gasteiger partial charge in [0.05, 0.1) is 10.8 Å². The van der Waals surface area contributed by atoms with Gasteiger partial charge >= 0.3 is 7.25 Å². The summed E-state index contributed by atoms with van der Waals surface area (Å²) in [6.07, 6.45) is 2.04. The quantitative estimate of drug-likeness (QED) is 0.0700. The Hall–Kier alpha value is -2.91. The molecule has 0 fully saturated rings. The molecule has 2 aromatic heterocycles. The highest BCUT2D eigenvalue weighted by Crippen LogP contribution is 2.35. The Kier molecular flexibility index (Phi) is 6.21. The van der Waals surface area contributed by atoms with Crippen LogP contribution in [0.5, 0.6) is 0 Å². The number of hydrogen-bond donors (Lipinski definition) is 0. The molecule has 3 aromatic carbocycles. The number of benzene rings is 3. The van der Waals surface area contributed by atoms with Crippen LogP contribution in [-0.2, 0) is 0 Å². The van der Waals surface area contributed by atoms with Crippen LogP contribution in [0.1, 0.15) is 16.1 Å². The standard InChI is InChI=1S/C23H16NOS2.BF4/c1-26-23-20(21(25)15-9-3-2-4-10-15)24-19-14-8-7-12-17(19)16-11-5-6-13-18(16)22(24)27-23;2-1(3,4)5/h2-14H,1H3;/q+1;-1. The van der Waals surface area contributed by atoms with Gasteiger partial charge in [-0.25, -0.2) is 0 Å². The van der Waals surface area contributed by atoms with E-state index in [-0.39, 0.29) is 5.78 Å². The summed E-state index contributed by atoms with van der Waals surface area (Å²) >= 11 is 3.33. The molecule has 5 aromatic rings. The molecule has 0 atom stereocenters. The van der Waals surface area contributed by atoms with Crippen molar-refractivity contribution in [3.63, 3.8) is 0 Å². The van der Waals surface area contributed by atoms with E-state index in [1.807, 2.05) is 42.7 Å². The Bertz CT molecular complexity index is 1430. The fourth-order valence-corrected chi connectivity index (χ4v) is 5.61. The first-order valence-corrected chi connectivity index (χ1v) is 11.6. The number of thioether (sulfide) groups is 1. The van der Waals surface area contributed by atoms with Crippen molar-refractivity contribution in [2.45, 2.75) is 4.21 Å². The average molecular weight is 473 g/mol. The zero-order valence-electron chi connectivity index (χ0n) is 16.8. The van der Waals surface area contributed by atoms with Gasteiger partial charge in [0.1, 0.15) is 4.21 Å². The molecule has 0 N–H and O–H groups in total. The molecule has 0 spiro atoms. The molecule has 0 aliphatic carbocycles. The fourth-order valence-electron chi connectivity index (χ4n) is 3.64. The second-order valence-corrected chi connectivity index (χ2v) is 8.91. The predicted octanol–water partition coefficient (Wildman–Crippen LogP) is 7.05. The third kappa shape index (κ3) is 4.35. The van der Waals surface area contributed by atoms with Crippen LogP contribution in [-0.4, -0.2) is 19.3 Å². The Morgan fingerprint density at radius 3 is 1.97 bits per heavy atom. The monoisotopic (exact) mass is 473 g/mol. The molecule has 0 radical (unpaired) electrons. The van der Waals surface area contributed by atoms with Crippen LogP contribution in [0.2, 0.25) is 0 Å². The first-order chi connectivity index (χ1) is 15.3. The minimum absolute atomic E-state index is 0.0663. The van der Waals surface area contributed by atoms with E-state index in [1.54, 1.807) is 23.1 Å². The van der Waals surface area contributed by atoms with E-state index in [1.165, 1.54) is 10.8 Å². The lowest BCUT2D eigenvalue weighted by atomic mass is 10.1. The lowest BCUT2D eigenvalue weighted by Crippen LogP contribution is -2.29. The van der Waals surface area contributed by atoms with E-state index in [0.717, 1.165) is 31.2 Å². The number of carbonyl (C=O) groups is 1. The van der Waals surface area contributed by atoms with Gasteiger partial charge in [0.25, 0.3) is 16.3 Å². The van der Waals surface area contributed by atoms with Gasteiger partial charge in [-0.15, -0.1) is 16.2 Å². The number of nitrogens with zero attached hydrogens (tertiary/aromatic N) is 1. The van der Waals surface area contributed by atoms with Crippen LogP contribution in [0.3, 0.4) is 0 Å². The maximum Gasteiger partial charge on any atom is 0.673 e. The number of rotatable bonds is 3. The Morgan fingerprint density at radius 1 is 0.812 bits per heavy atom. The highest BCUT2D eigenvalue weighted by atomic mass is 32.2. The topological polar surface area (TPSA) is 21.2 Å². The normalized spacial score (nSPS) is 11.5. The smallest absolute Gasteiger partial charge is 0.418 e. The molecule has 9 heteroatoms. The molecular weight excluding hydrogens is 457 g/mol. The Labute approximate surface area is 189 Å². The number of pyridine rings is 1. The summed E-state index contributed by atoms with van der Waals surface area (Å²) in [5.41, 5.74) is 2.55. The van der Waals surface area contributed by atoms with Gasteiger partial charge in [-0.2, -0.15) is 0 Å². The second kappa shape index (κ2) is 8.92. The molecule has 0 bridgehead atoms. The number of carbonyl (C=O) groups excluding carboxylic acids is 1.